The number of benzene rings is 3. The summed E-state index contributed by atoms with van der Waals surface area (Å²) >= 11 is 6.26. The van der Waals surface area contributed by atoms with E-state index in [4.69, 9.17) is 17.3 Å². The highest BCUT2D eigenvalue weighted by Crippen LogP contribution is 2.47. The van der Waals surface area contributed by atoms with E-state index < -0.39 is 11.5 Å². The predicted molar refractivity (Wildman–Crippen MR) is 146 cm³/mol. The second-order valence-electron chi connectivity index (χ2n) is 9.40. The van der Waals surface area contributed by atoms with Crippen molar-refractivity contribution in [1.29, 1.82) is 0 Å². The van der Waals surface area contributed by atoms with E-state index in [9.17, 15) is 5.11 Å². The molecule has 0 radical (unpaired) electrons. The number of fused-ring (bicyclic) bond motifs is 1. The third-order valence-corrected chi connectivity index (χ3v) is 7.65. The molecule has 0 amide bonds. The van der Waals surface area contributed by atoms with Crippen LogP contribution in [0.3, 0.4) is 0 Å². The molecule has 2 heterocycles. The number of anilines is 1. The van der Waals surface area contributed by atoms with E-state index in [1.807, 2.05) is 59.2 Å². The number of nitrogen functional groups attached to an aromatic ring is 1. The minimum Gasteiger partial charge on any atom is -0.391 e. The predicted octanol–water partition coefficient (Wildman–Crippen LogP) is 5.57. The number of nitrogens with two attached hydrogens (primary N) is 1. The molecular weight excluding hydrogens is 482 g/mol. The second kappa shape index (κ2) is 9.47. The first-order valence-electron chi connectivity index (χ1n) is 12.3. The molecule has 1 aliphatic carbocycles. The minimum atomic E-state index is -0.777. The van der Waals surface area contributed by atoms with Gasteiger partial charge in [0.2, 0.25) is 5.95 Å². The molecule has 0 fully saturated rings. The van der Waals surface area contributed by atoms with Gasteiger partial charge in [-0.1, -0.05) is 115 Å². The van der Waals surface area contributed by atoms with Gasteiger partial charge in [0.05, 0.1) is 23.9 Å². The number of aliphatic hydroxyl groups is 1. The highest BCUT2D eigenvalue weighted by Gasteiger charge is 2.47. The molecule has 0 saturated carbocycles. The van der Waals surface area contributed by atoms with Crippen LogP contribution in [0.2, 0.25) is 5.15 Å². The second-order valence-corrected chi connectivity index (χ2v) is 9.76. The first-order valence-corrected chi connectivity index (χ1v) is 12.7. The summed E-state index contributed by atoms with van der Waals surface area (Å²) in [7, 11) is 0. The fourth-order valence-corrected chi connectivity index (χ4v) is 5.94. The van der Waals surface area contributed by atoms with E-state index in [2.05, 4.69) is 63.5 Å². The van der Waals surface area contributed by atoms with Gasteiger partial charge in [0.1, 0.15) is 5.52 Å². The van der Waals surface area contributed by atoms with Crippen molar-refractivity contribution in [2.75, 3.05) is 5.73 Å². The van der Waals surface area contributed by atoms with Crippen molar-refractivity contribution in [1.82, 2.24) is 19.5 Å². The van der Waals surface area contributed by atoms with E-state index in [1.165, 1.54) is 0 Å². The maximum Gasteiger partial charge on any atom is 0.223 e. The molecule has 3 N–H and O–H groups in total. The van der Waals surface area contributed by atoms with E-state index >= 15 is 0 Å². The van der Waals surface area contributed by atoms with Crippen LogP contribution in [-0.2, 0) is 5.41 Å². The Kier molecular flexibility index (Phi) is 5.99. The van der Waals surface area contributed by atoms with Crippen LogP contribution in [0.4, 0.5) is 5.95 Å². The zero-order valence-corrected chi connectivity index (χ0v) is 20.8. The van der Waals surface area contributed by atoms with Crippen LogP contribution < -0.4 is 5.73 Å². The molecule has 3 atom stereocenters. The summed E-state index contributed by atoms with van der Waals surface area (Å²) in [4.78, 5) is 12.8. The van der Waals surface area contributed by atoms with E-state index in [0.717, 1.165) is 16.7 Å². The first kappa shape index (κ1) is 23.4. The van der Waals surface area contributed by atoms with Gasteiger partial charge in [-0.15, -0.1) is 0 Å². The standard InChI is InChI=1S/C30H26ClN5O/c31-27-25-28(35-29(32)34-27)36(19-33-25)24-17-16-20(18-24)26(37)30(21-10-4-1-5-11-21,22-12-6-2-7-13-22)23-14-8-3-9-15-23/h1-17,19-20,24,26,37H,18H2,(H2,32,34,35)/t20-,24+,26?/m0/s1. The van der Waals surface area contributed by atoms with E-state index in [0.29, 0.717) is 17.6 Å². The Balaban J connectivity index is 1.45. The van der Waals surface area contributed by atoms with Crippen molar-refractivity contribution in [3.05, 3.63) is 131 Å². The Morgan fingerprint density at radius 2 is 1.38 bits per heavy atom. The lowest BCUT2D eigenvalue weighted by Gasteiger charge is -2.42. The Hall–Kier alpha value is -4.00. The van der Waals surface area contributed by atoms with E-state index in [-0.39, 0.29) is 23.1 Å². The summed E-state index contributed by atoms with van der Waals surface area (Å²) in [5, 5.41) is 12.6. The number of aliphatic hydroxyl groups excluding tert-OH is 1. The average Bonchev–Trinajstić information content (AvgIpc) is 3.59. The topological polar surface area (TPSA) is 89.8 Å². The van der Waals surface area contributed by atoms with E-state index in [1.54, 1.807) is 6.33 Å². The lowest BCUT2D eigenvalue weighted by Crippen LogP contribution is -2.45. The molecule has 6 rings (SSSR count). The van der Waals surface area contributed by atoms with Crippen LogP contribution in [0, 0.1) is 5.92 Å². The molecule has 0 spiro atoms. The van der Waals surface area contributed by atoms with Crippen LogP contribution in [0.5, 0.6) is 0 Å². The number of rotatable bonds is 6. The summed E-state index contributed by atoms with van der Waals surface area (Å²) in [6.45, 7) is 0. The summed E-state index contributed by atoms with van der Waals surface area (Å²) < 4.78 is 1.96. The van der Waals surface area contributed by atoms with Crippen molar-refractivity contribution < 1.29 is 5.11 Å². The first-order chi connectivity index (χ1) is 18.1. The SMILES string of the molecule is Nc1nc(Cl)c2ncn([C@@H]3C=C[C@H](C(O)C(c4ccccc4)(c4ccccc4)c4ccccc4)C3)c2n1. The normalized spacial score (nSPS) is 18.3. The Morgan fingerprint density at radius 1 is 0.838 bits per heavy atom. The highest BCUT2D eigenvalue weighted by atomic mass is 35.5. The van der Waals surface area contributed by atoms with Crippen LogP contribution in [0.15, 0.2) is 109 Å². The third-order valence-electron chi connectivity index (χ3n) is 7.38. The lowest BCUT2D eigenvalue weighted by molar-refractivity contribution is 0.0772. The quantitative estimate of drug-likeness (QED) is 0.178. The number of hydrogen-bond acceptors (Lipinski definition) is 5. The van der Waals surface area contributed by atoms with Gasteiger partial charge in [0, 0.05) is 5.92 Å². The Labute approximate surface area is 220 Å². The van der Waals surface area contributed by atoms with Crippen LogP contribution in [0.25, 0.3) is 11.2 Å². The minimum absolute atomic E-state index is 0.0602. The molecule has 0 aliphatic heterocycles. The van der Waals surface area contributed by atoms with Crippen LogP contribution >= 0.6 is 11.6 Å². The highest BCUT2D eigenvalue weighted by molar-refractivity contribution is 6.33. The maximum absolute atomic E-state index is 12.4. The molecular formula is C30H26ClN5O. The van der Waals surface area contributed by atoms with Gasteiger partial charge in [-0.25, -0.2) is 4.98 Å². The van der Waals surface area contributed by atoms with Gasteiger partial charge in [-0.05, 0) is 23.1 Å². The van der Waals surface area contributed by atoms with Gasteiger partial charge < -0.3 is 15.4 Å². The van der Waals surface area contributed by atoms with Crippen molar-refractivity contribution >= 4 is 28.7 Å². The zero-order valence-electron chi connectivity index (χ0n) is 20.0. The molecule has 5 aromatic rings. The molecule has 2 aromatic heterocycles. The fraction of sp³-hybridized carbons (Fsp3) is 0.167. The van der Waals surface area contributed by atoms with Crippen molar-refractivity contribution in [2.45, 2.75) is 24.0 Å². The monoisotopic (exact) mass is 507 g/mol. The number of hydrogen-bond donors (Lipinski definition) is 2. The smallest absolute Gasteiger partial charge is 0.223 e. The number of nitrogens with zero attached hydrogens (tertiary/aromatic N) is 4. The summed E-state index contributed by atoms with van der Waals surface area (Å²) in [5.74, 6) is -0.0354. The van der Waals surface area contributed by atoms with Crippen molar-refractivity contribution in [3.63, 3.8) is 0 Å². The van der Waals surface area contributed by atoms with Gasteiger partial charge in [0.25, 0.3) is 0 Å². The molecule has 3 aromatic carbocycles. The molecule has 37 heavy (non-hydrogen) atoms. The molecule has 0 saturated heterocycles. The summed E-state index contributed by atoms with van der Waals surface area (Å²) in [6.07, 6.45) is 5.85. The molecule has 1 unspecified atom stereocenters. The fourth-order valence-electron chi connectivity index (χ4n) is 5.72. The number of allylic oxidation sites excluding steroid dienone is 1. The molecule has 7 heteroatoms. The summed E-state index contributed by atoms with van der Waals surface area (Å²) in [6, 6.07) is 30.7. The zero-order chi connectivity index (χ0) is 25.4. The van der Waals surface area contributed by atoms with Gasteiger partial charge >= 0.3 is 0 Å². The Morgan fingerprint density at radius 3 is 1.92 bits per heavy atom. The Bertz CT molecular complexity index is 1460. The maximum atomic E-state index is 12.4. The molecule has 6 nitrogen and oxygen atoms in total. The molecule has 184 valence electrons. The van der Waals surface area contributed by atoms with Gasteiger partial charge in [0.15, 0.2) is 10.8 Å². The largest absolute Gasteiger partial charge is 0.391 e. The molecule has 0 bridgehead atoms. The molecule has 1 aliphatic rings. The van der Waals surface area contributed by atoms with Crippen LogP contribution in [-0.4, -0.2) is 30.7 Å². The number of imidazole rings is 1. The van der Waals surface area contributed by atoms with Crippen LogP contribution in [0.1, 0.15) is 29.2 Å². The van der Waals surface area contributed by atoms with Gasteiger partial charge in [-0.2, -0.15) is 9.97 Å². The van der Waals surface area contributed by atoms with Gasteiger partial charge in [-0.3, -0.25) is 0 Å². The number of halogens is 1. The average molecular weight is 508 g/mol. The van der Waals surface area contributed by atoms with Crippen molar-refractivity contribution in [2.24, 2.45) is 5.92 Å². The van der Waals surface area contributed by atoms with Crippen molar-refractivity contribution in [3.8, 4) is 0 Å². The summed E-state index contributed by atoms with van der Waals surface area (Å²) in [5.41, 5.74) is 9.31. The number of aromatic nitrogens is 4. The lowest BCUT2D eigenvalue weighted by atomic mass is 9.63. The third kappa shape index (κ3) is 3.89.